The second kappa shape index (κ2) is 5.00. The van der Waals surface area contributed by atoms with Gasteiger partial charge in [0.15, 0.2) is 0 Å². The van der Waals surface area contributed by atoms with Crippen molar-refractivity contribution in [2.75, 3.05) is 0 Å². The zero-order valence-corrected chi connectivity index (χ0v) is 9.31. The van der Waals surface area contributed by atoms with Gasteiger partial charge < -0.3 is 11.5 Å². The SMILES string of the molecule is NC(=O)NC(N)=Nc1cc(Cl)c(F)cc1Cl. The van der Waals surface area contributed by atoms with E-state index in [2.05, 4.69) is 4.99 Å². The highest BCUT2D eigenvalue weighted by Crippen LogP contribution is 2.30. The second-order valence-electron chi connectivity index (χ2n) is 2.70. The third-order valence-corrected chi connectivity index (χ3v) is 2.07. The van der Waals surface area contributed by atoms with E-state index in [1.165, 1.54) is 6.07 Å². The number of hydrogen-bond acceptors (Lipinski definition) is 2. The van der Waals surface area contributed by atoms with Gasteiger partial charge in [0.05, 0.1) is 15.7 Å². The maximum Gasteiger partial charge on any atom is 0.318 e. The lowest BCUT2D eigenvalue weighted by Gasteiger charge is -2.03. The van der Waals surface area contributed by atoms with Crippen LogP contribution in [0.15, 0.2) is 17.1 Å². The van der Waals surface area contributed by atoms with Crippen LogP contribution in [0.3, 0.4) is 0 Å². The molecule has 1 aromatic rings. The molecule has 0 atom stereocenters. The van der Waals surface area contributed by atoms with Crippen LogP contribution in [0, 0.1) is 5.82 Å². The molecular weight excluding hydrogens is 258 g/mol. The Morgan fingerprint density at radius 2 is 1.94 bits per heavy atom. The van der Waals surface area contributed by atoms with Crippen LogP contribution in [0.5, 0.6) is 0 Å². The minimum atomic E-state index is -0.870. The largest absolute Gasteiger partial charge is 0.369 e. The van der Waals surface area contributed by atoms with Gasteiger partial charge >= 0.3 is 6.03 Å². The molecule has 0 saturated heterocycles. The molecule has 0 unspecified atom stereocenters. The number of hydrogen-bond donors (Lipinski definition) is 3. The standard InChI is InChI=1S/C8H7Cl2FN4O/c9-3-2-6(4(10)1-5(3)11)14-7(12)15-8(13)16/h1-2H,(H5,12,13,14,15,16). The van der Waals surface area contributed by atoms with E-state index in [-0.39, 0.29) is 21.7 Å². The number of carbonyl (C=O) groups is 1. The van der Waals surface area contributed by atoms with Crippen LogP contribution in [0.2, 0.25) is 10.0 Å². The number of rotatable bonds is 1. The fraction of sp³-hybridized carbons (Fsp3) is 0. The average molecular weight is 265 g/mol. The van der Waals surface area contributed by atoms with E-state index in [0.717, 1.165) is 6.07 Å². The number of halogens is 3. The van der Waals surface area contributed by atoms with Crippen molar-refractivity contribution in [3.05, 3.63) is 28.0 Å². The Bertz CT molecular complexity index is 464. The quantitative estimate of drug-likeness (QED) is 0.410. The molecule has 0 saturated carbocycles. The first-order valence-electron chi connectivity index (χ1n) is 3.95. The van der Waals surface area contributed by atoms with Gasteiger partial charge in [-0.25, -0.2) is 14.2 Å². The smallest absolute Gasteiger partial charge is 0.318 e. The molecular formula is C8H7Cl2FN4O. The summed E-state index contributed by atoms with van der Waals surface area (Å²) >= 11 is 11.2. The van der Waals surface area contributed by atoms with Gasteiger partial charge in [0.1, 0.15) is 5.82 Å². The van der Waals surface area contributed by atoms with Gasteiger partial charge in [0.25, 0.3) is 0 Å². The summed E-state index contributed by atoms with van der Waals surface area (Å²) in [7, 11) is 0. The van der Waals surface area contributed by atoms with Crippen molar-refractivity contribution in [3.8, 4) is 0 Å². The summed E-state index contributed by atoms with van der Waals surface area (Å²) in [6.07, 6.45) is 0. The molecule has 0 bridgehead atoms. The van der Waals surface area contributed by atoms with Crippen LogP contribution in [-0.2, 0) is 0 Å². The topological polar surface area (TPSA) is 93.5 Å². The molecule has 86 valence electrons. The normalized spacial score (nSPS) is 11.3. The van der Waals surface area contributed by atoms with Crippen LogP contribution < -0.4 is 16.8 Å². The maximum atomic E-state index is 12.9. The Morgan fingerprint density at radius 1 is 1.31 bits per heavy atom. The monoisotopic (exact) mass is 264 g/mol. The Morgan fingerprint density at radius 3 is 2.50 bits per heavy atom. The molecule has 0 spiro atoms. The highest BCUT2D eigenvalue weighted by molar-refractivity contribution is 6.35. The summed E-state index contributed by atoms with van der Waals surface area (Å²) in [5.74, 6) is -0.941. The van der Waals surface area contributed by atoms with Crippen molar-refractivity contribution in [3.63, 3.8) is 0 Å². The van der Waals surface area contributed by atoms with E-state index in [9.17, 15) is 9.18 Å². The summed E-state index contributed by atoms with van der Waals surface area (Å²) in [4.78, 5) is 14.1. The third-order valence-electron chi connectivity index (χ3n) is 1.48. The van der Waals surface area contributed by atoms with Crippen molar-refractivity contribution < 1.29 is 9.18 Å². The highest BCUT2D eigenvalue weighted by atomic mass is 35.5. The van der Waals surface area contributed by atoms with Crippen LogP contribution in [-0.4, -0.2) is 12.0 Å². The molecule has 1 aromatic carbocycles. The highest BCUT2D eigenvalue weighted by Gasteiger charge is 2.07. The molecule has 0 radical (unpaired) electrons. The number of urea groups is 1. The number of guanidine groups is 1. The number of nitrogens with zero attached hydrogens (tertiary/aromatic N) is 1. The van der Waals surface area contributed by atoms with Crippen LogP contribution in [0.25, 0.3) is 0 Å². The number of primary amides is 1. The summed E-state index contributed by atoms with van der Waals surface area (Å²) in [6.45, 7) is 0. The first kappa shape index (κ1) is 12.5. The molecule has 16 heavy (non-hydrogen) atoms. The molecule has 0 heterocycles. The van der Waals surface area contributed by atoms with Gasteiger partial charge in [-0.05, 0) is 12.1 Å². The van der Waals surface area contributed by atoms with Crippen molar-refractivity contribution in [1.82, 2.24) is 5.32 Å². The minimum Gasteiger partial charge on any atom is -0.369 e. The Labute approximate surface area is 100 Å². The average Bonchev–Trinajstić information content (AvgIpc) is 2.12. The molecule has 0 aliphatic rings. The lowest BCUT2D eigenvalue weighted by molar-refractivity contribution is 0.253. The summed E-state index contributed by atoms with van der Waals surface area (Å²) < 4.78 is 12.9. The van der Waals surface area contributed by atoms with Crippen LogP contribution in [0.1, 0.15) is 0 Å². The van der Waals surface area contributed by atoms with Gasteiger partial charge in [-0.3, -0.25) is 5.32 Å². The zero-order chi connectivity index (χ0) is 12.3. The lowest BCUT2D eigenvalue weighted by Crippen LogP contribution is -2.39. The van der Waals surface area contributed by atoms with E-state index in [1.807, 2.05) is 5.32 Å². The molecule has 0 aliphatic heterocycles. The van der Waals surface area contributed by atoms with Gasteiger partial charge in [0.2, 0.25) is 5.96 Å². The molecule has 5 N–H and O–H groups in total. The van der Waals surface area contributed by atoms with Gasteiger partial charge in [-0.2, -0.15) is 0 Å². The van der Waals surface area contributed by atoms with Crippen molar-refractivity contribution in [2.45, 2.75) is 0 Å². The molecule has 1 rings (SSSR count). The molecule has 5 nitrogen and oxygen atoms in total. The minimum absolute atomic E-state index is 0.0103. The Balaban J connectivity index is 3.05. The predicted octanol–water partition coefficient (Wildman–Crippen LogP) is 1.75. The fourth-order valence-electron chi connectivity index (χ4n) is 0.882. The lowest BCUT2D eigenvalue weighted by atomic mass is 10.3. The summed E-state index contributed by atoms with van der Waals surface area (Å²) in [6, 6.07) is 1.29. The molecule has 0 fully saturated rings. The first-order valence-corrected chi connectivity index (χ1v) is 4.71. The van der Waals surface area contributed by atoms with Crippen LogP contribution >= 0.6 is 23.2 Å². The maximum absolute atomic E-state index is 12.9. The summed E-state index contributed by atoms with van der Waals surface area (Å²) in [5.41, 5.74) is 10.2. The summed E-state index contributed by atoms with van der Waals surface area (Å²) in [5, 5.41) is 1.88. The number of carbonyl (C=O) groups excluding carboxylic acids is 1. The predicted molar refractivity (Wildman–Crippen MR) is 60.4 cm³/mol. The van der Waals surface area contributed by atoms with E-state index in [4.69, 9.17) is 34.7 Å². The zero-order valence-electron chi connectivity index (χ0n) is 7.80. The van der Waals surface area contributed by atoms with E-state index >= 15 is 0 Å². The molecule has 0 aromatic heterocycles. The van der Waals surface area contributed by atoms with Gasteiger partial charge in [-0.15, -0.1) is 0 Å². The number of nitrogens with two attached hydrogens (primary N) is 2. The number of nitrogens with one attached hydrogen (secondary N) is 1. The first-order chi connectivity index (χ1) is 7.40. The van der Waals surface area contributed by atoms with Gasteiger partial charge in [0, 0.05) is 0 Å². The Kier molecular flexibility index (Phi) is 3.92. The van der Waals surface area contributed by atoms with Crippen LogP contribution in [0.4, 0.5) is 14.9 Å². The van der Waals surface area contributed by atoms with E-state index in [0.29, 0.717) is 0 Å². The van der Waals surface area contributed by atoms with E-state index in [1.54, 1.807) is 0 Å². The van der Waals surface area contributed by atoms with Crippen molar-refractivity contribution in [2.24, 2.45) is 16.5 Å². The fourth-order valence-corrected chi connectivity index (χ4v) is 1.23. The molecule has 8 heteroatoms. The second-order valence-corrected chi connectivity index (χ2v) is 3.52. The molecule has 2 amide bonds. The van der Waals surface area contributed by atoms with Crippen molar-refractivity contribution in [1.29, 1.82) is 0 Å². The number of benzene rings is 1. The Hall–Kier alpha value is -1.53. The number of amides is 2. The molecule has 0 aliphatic carbocycles. The van der Waals surface area contributed by atoms with E-state index < -0.39 is 11.8 Å². The third kappa shape index (κ3) is 3.25. The van der Waals surface area contributed by atoms with Gasteiger partial charge in [-0.1, -0.05) is 23.2 Å². The van der Waals surface area contributed by atoms with Crippen molar-refractivity contribution >= 4 is 40.9 Å². The number of aliphatic imine (C=N–C) groups is 1.